The monoisotopic (exact) mass is 508 g/mol. The molecule has 2 N–H and O–H groups in total. The molecule has 12 heteroatoms. The van der Waals surface area contributed by atoms with Crippen molar-refractivity contribution in [3.8, 4) is 11.5 Å². The van der Waals surface area contributed by atoms with Crippen molar-refractivity contribution in [1.29, 1.82) is 0 Å². The van der Waals surface area contributed by atoms with Gasteiger partial charge in [-0.15, -0.1) is 22.0 Å². The van der Waals surface area contributed by atoms with E-state index in [1.54, 1.807) is 59.5 Å². The number of carbonyl (C=O) groups excluding carboxylic acids is 3. The van der Waals surface area contributed by atoms with Crippen molar-refractivity contribution in [2.45, 2.75) is 42.0 Å². The Morgan fingerprint density at radius 2 is 1.89 bits per heavy atom. The number of esters is 1. The van der Waals surface area contributed by atoms with Crippen LogP contribution in [0, 0.1) is 0 Å². The van der Waals surface area contributed by atoms with Gasteiger partial charge in [0.05, 0.1) is 7.11 Å². The van der Waals surface area contributed by atoms with Crippen LogP contribution in [0.5, 0.6) is 11.5 Å². The smallest absolute Gasteiger partial charge is 0.328 e. The summed E-state index contributed by atoms with van der Waals surface area (Å²) in [5, 5.41) is 16.6. The number of rotatable bonds is 7. The minimum absolute atomic E-state index is 0.245. The van der Waals surface area contributed by atoms with Gasteiger partial charge in [-0.3, -0.25) is 14.4 Å². The van der Waals surface area contributed by atoms with Crippen molar-refractivity contribution in [3.05, 3.63) is 66.0 Å². The van der Waals surface area contributed by atoms with E-state index in [1.165, 1.54) is 18.9 Å². The average molecular weight is 509 g/mol. The zero-order valence-corrected chi connectivity index (χ0v) is 20.6. The first-order valence-electron chi connectivity index (χ1n) is 11.2. The van der Waals surface area contributed by atoms with E-state index in [9.17, 15) is 14.4 Å². The van der Waals surface area contributed by atoms with Crippen LogP contribution in [0.15, 0.2) is 54.6 Å². The predicted molar refractivity (Wildman–Crippen MR) is 129 cm³/mol. The number of hydrogen-bond acceptors (Lipinski definition) is 9. The van der Waals surface area contributed by atoms with E-state index < -0.39 is 34.6 Å². The second kappa shape index (κ2) is 9.26. The van der Waals surface area contributed by atoms with Crippen molar-refractivity contribution in [1.82, 2.24) is 30.8 Å². The van der Waals surface area contributed by atoms with Gasteiger partial charge in [-0.25, -0.2) is 0 Å². The van der Waals surface area contributed by atoms with E-state index in [0.29, 0.717) is 17.1 Å². The molecule has 0 spiro atoms. The lowest BCUT2D eigenvalue weighted by Gasteiger charge is -2.44. The van der Waals surface area contributed by atoms with E-state index in [4.69, 9.17) is 9.47 Å². The number of hydrogen-bond donors (Lipinski definition) is 2. The molecule has 0 aliphatic carbocycles. The van der Waals surface area contributed by atoms with Crippen LogP contribution in [0.1, 0.15) is 37.2 Å². The lowest BCUT2D eigenvalue weighted by atomic mass is 9.94. The summed E-state index contributed by atoms with van der Waals surface area (Å²) in [4.78, 5) is 41.5. The number of tetrazole rings is 1. The molecule has 0 saturated carbocycles. The summed E-state index contributed by atoms with van der Waals surface area (Å²) in [5.41, 5.74) is 0.454. The summed E-state index contributed by atoms with van der Waals surface area (Å²) in [6.45, 7) is 3.98. The SMILES string of the molecule is COc1cccc(OC(=O)C(C(=O)NC2C(=O)N3C(c4nn[nH]n4)C(C)(C)S[C@@H]23)c2ccccc2)c1. The molecule has 11 nitrogen and oxygen atoms in total. The molecule has 2 aliphatic heterocycles. The van der Waals surface area contributed by atoms with E-state index in [-0.39, 0.29) is 17.0 Å². The third kappa shape index (κ3) is 4.17. The van der Waals surface area contributed by atoms with Gasteiger partial charge in [0.2, 0.25) is 11.8 Å². The number of nitrogens with one attached hydrogen (secondary N) is 2. The summed E-state index contributed by atoms with van der Waals surface area (Å²) in [5.74, 6) is -1.75. The Balaban J connectivity index is 1.36. The molecule has 5 rings (SSSR count). The van der Waals surface area contributed by atoms with Gasteiger partial charge in [0.1, 0.15) is 29.0 Å². The van der Waals surface area contributed by atoms with Crippen molar-refractivity contribution in [2.24, 2.45) is 0 Å². The normalized spacial score (nSPS) is 22.8. The summed E-state index contributed by atoms with van der Waals surface area (Å²) in [7, 11) is 1.51. The molecule has 2 aromatic carbocycles. The van der Waals surface area contributed by atoms with Gasteiger partial charge < -0.3 is 19.7 Å². The number of fused-ring (bicyclic) bond motifs is 1. The number of methoxy groups -OCH3 is 1. The minimum Gasteiger partial charge on any atom is -0.497 e. The standard InChI is InChI=1S/C24H24N6O5S/c1-24(2)18(19-26-28-29-27-19)30-21(32)17(22(30)36-24)25-20(31)16(13-8-5-4-6-9-13)23(33)35-15-11-7-10-14(12-15)34-3/h4-12,16-18,22H,1-3H3,(H,25,31)(H,26,27,28,29)/t16?,17?,18?,22-/m0/s1. The number of β-lactam (4-membered cyclic amide) rings is 1. The fourth-order valence-corrected chi connectivity index (χ4v) is 6.20. The van der Waals surface area contributed by atoms with Crippen LogP contribution < -0.4 is 14.8 Å². The molecular formula is C24H24N6O5S. The zero-order chi connectivity index (χ0) is 25.4. The van der Waals surface area contributed by atoms with Gasteiger partial charge in [-0.1, -0.05) is 41.6 Å². The van der Waals surface area contributed by atoms with Crippen molar-refractivity contribution >= 4 is 29.5 Å². The number of carbonyl (C=O) groups is 3. The molecule has 186 valence electrons. The number of aromatic amines is 1. The van der Waals surface area contributed by atoms with E-state index in [2.05, 4.69) is 25.9 Å². The first kappa shape index (κ1) is 23.8. The quantitative estimate of drug-likeness (QED) is 0.212. The molecule has 1 aromatic heterocycles. The van der Waals surface area contributed by atoms with Gasteiger partial charge in [-0.2, -0.15) is 5.21 Å². The van der Waals surface area contributed by atoms with E-state index in [1.807, 2.05) is 13.8 Å². The second-order valence-corrected chi connectivity index (χ2v) is 10.7. The van der Waals surface area contributed by atoms with Crippen molar-refractivity contribution in [3.63, 3.8) is 0 Å². The number of ether oxygens (including phenoxy) is 2. The zero-order valence-electron chi connectivity index (χ0n) is 19.7. The maximum Gasteiger partial charge on any atom is 0.328 e. The van der Waals surface area contributed by atoms with Crippen LogP contribution in [0.4, 0.5) is 0 Å². The summed E-state index contributed by atoms with van der Waals surface area (Å²) < 4.78 is 10.3. The Hall–Kier alpha value is -3.93. The summed E-state index contributed by atoms with van der Waals surface area (Å²) in [6.07, 6.45) is 0. The third-order valence-corrected chi connectivity index (χ3v) is 7.81. The molecule has 36 heavy (non-hydrogen) atoms. The van der Waals surface area contributed by atoms with Crippen LogP contribution in [-0.4, -0.2) is 66.6 Å². The fraction of sp³-hybridized carbons (Fsp3) is 0.333. The number of aromatic nitrogens is 4. The molecule has 2 amide bonds. The number of thioether (sulfide) groups is 1. The molecule has 2 fully saturated rings. The lowest BCUT2D eigenvalue weighted by Crippen LogP contribution is -2.68. The van der Waals surface area contributed by atoms with Crippen molar-refractivity contribution < 1.29 is 23.9 Å². The highest BCUT2D eigenvalue weighted by atomic mass is 32.2. The Morgan fingerprint density at radius 1 is 1.14 bits per heavy atom. The molecule has 0 bridgehead atoms. The molecule has 2 saturated heterocycles. The maximum atomic E-state index is 13.5. The highest BCUT2D eigenvalue weighted by molar-refractivity contribution is 8.01. The fourth-order valence-electron chi connectivity index (χ4n) is 4.57. The topological polar surface area (TPSA) is 139 Å². The van der Waals surface area contributed by atoms with E-state index in [0.717, 1.165) is 0 Å². The van der Waals surface area contributed by atoms with Crippen LogP contribution >= 0.6 is 11.8 Å². The molecule has 3 aromatic rings. The number of H-pyrrole nitrogens is 1. The molecule has 0 radical (unpaired) electrons. The molecule has 2 aliphatic rings. The third-order valence-electron chi connectivity index (χ3n) is 6.24. The van der Waals surface area contributed by atoms with Crippen molar-refractivity contribution in [2.75, 3.05) is 7.11 Å². The van der Waals surface area contributed by atoms with Gasteiger partial charge in [-0.05, 0) is 31.5 Å². The highest BCUT2D eigenvalue weighted by Gasteiger charge is 2.63. The Kier molecular flexibility index (Phi) is 6.12. The summed E-state index contributed by atoms with van der Waals surface area (Å²) >= 11 is 1.54. The molecule has 4 atom stereocenters. The highest BCUT2D eigenvalue weighted by Crippen LogP contribution is 2.56. The number of benzene rings is 2. The van der Waals surface area contributed by atoms with Crippen LogP contribution in [-0.2, 0) is 14.4 Å². The van der Waals surface area contributed by atoms with Gasteiger partial charge in [0, 0.05) is 10.8 Å². The lowest BCUT2D eigenvalue weighted by molar-refractivity contribution is -0.153. The largest absolute Gasteiger partial charge is 0.497 e. The molecular weight excluding hydrogens is 484 g/mol. The minimum atomic E-state index is -1.27. The van der Waals surface area contributed by atoms with Gasteiger partial charge >= 0.3 is 5.97 Å². The first-order valence-corrected chi connectivity index (χ1v) is 12.1. The second-order valence-electron chi connectivity index (χ2n) is 8.96. The van der Waals surface area contributed by atoms with E-state index >= 15 is 0 Å². The average Bonchev–Trinajstić information content (AvgIpc) is 3.47. The van der Waals surface area contributed by atoms with Crippen LogP contribution in [0.25, 0.3) is 0 Å². The number of nitrogens with zero attached hydrogens (tertiary/aromatic N) is 4. The maximum absolute atomic E-state index is 13.5. The molecule has 3 unspecified atom stereocenters. The Bertz CT molecular complexity index is 1290. The predicted octanol–water partition coefficient (Wildman–Crippen LogP) is 1.82. The van der Waals surface area contributed by atoms with Gasteiger partial charge in [0.15, 0.2) is 11.7 Å². The van der Waals surface area contributed by atoms with Crippen LogP contribution in [0.3, 0.4) is 0 Å². The number of amides is 2. The Labute approximate surface area is 210 Å². The van der Waals surface area contributed by atoms with Gasteiger partial charge in [0.25, 0.3) is 0 Å². The van der Waals surface area contributed by atoms with Crippen LogP contribution in [0.2, 0.25) is 0 Å². The summed E-state index contributed by atoms with van der Waals surface area (Å²) in [6, 6.07) is 14.0. The Morgan fingerprint density at radius 3 is 2.58 bits per heavy atom. The first-order chi connectivity index (χ1) is 17.3. The molecule has 3 heterocycles.